The third-order valence-electron chi connectivity index (χ3n) is 4.69. The summed E-state index contributed by atoms with van der Waals surface area (Å²) in [5, 5.41) is 0. The fourth-order valence-corrected chi connectivity index (χ4v) is 3.28. The van der Waals surface area contributed by atoms with E-state index in [0.29, 0.717) is 13.1 Å². The lowest BCUT2D eigenvalue weighted by atomic mass is 10.1. The lowest BCUT2D eigenvalue weighted by Crippen LogP contribution is -2.42. The van der Waals surface area contributed by atoms with Gasteiger partial charge in [0.15, 0.2) is 0 Å². The highest BCUT2D eigenvalue weighted by atomic mass is 19.1. The second kappa shape index (κ2) is 8.15. The number of halogens is 1. The Morgan fingerprint density at radius 1 is 1.08 bits per heavy atom. The van der Waals surface area contributed by atoms with Crippen molar-refractivity contribution in [3.05, 3.63) is 65.5 Å². The first kappa shape index (κ1) is 17.5. The third-order valence-corrected chi connectivity index (χ3v) is 4.69. The topological polar surface area (TPSA) is 23.6 Å². The molecule has 1 aliphatic rings. The monoisotopic (exact) mass is 340 g/mol. The number of nitrogens with zero attached hydrogens (tertiary/aromatic N) is 2. The van der Waals surface area contributed by atoms with E-state index in [-0.39, 0.29) is 11.7 Å². The van der Waals surface area contributed by atoms with E-state index in [1.165, 1.54) is 18.6 Å². The molecule has 0 aliphatic carbocycles. The van der Waals surface area contributed by atoms with Crippen LogP contribution >= 0.6 is 0 Å². The molecular weight excluding hydrogens is 315 g/mol. The number of rotatable bonds is 5. The lowest BCUT2D eigenvalue weighted by molar-refractivity contribution is -0.130. The molecule has 3 rings (SSSR count). The van der Waals surface area contributed by atoms with Crippen molar-refractivity contribution < 1.29 is 9.18 Å². The van der Waals surface area contributed by atoms with Gasteiger partial charge in [-0.25, -0.2) is 4.39 Å². The molecule has 0 saturated carbocycles. The first-order valence-electron chi connectivity index (χ1n) is 8.96. The Hall–Kier alpha value is -2.36. The van der Waals surface area contributed by atoms with E-state index in [1.807, 2.05) is 30.0 Å². The van der Waals surface area contributed by atoms with Crippen molar-refractivity contribution in [1.82, 2.24) is 4.90 Å². The number of hydrogen-bond donors (Lipinski definition) is 0. The van der Waals surface area contributed by atoms with Crippen LogP contribution in [-0.2, 0) is 11.3 Å². The molecule has 0 aromatic heterocycles. The maximum atomic E-state index is 13.2. The Morgan fingerprint density at radius 2 is 1.80 bits per heavy atom. The quantitative estimate of drug-likeness (QED) is 0.816. The first-order chi connectivity index (χ1) is 12.1. The molecular formula is C21H25FN2O. The summed E-state index contributed by atoms with van der Waals surface area (Å²) in [5.41, 5.74) is 3.18. The fourth-order valence-electron chi connectivity index (χ4n) is 3.28. The highest BCUT2D eigenvalue weighted by Gasteiger charge is 2.20. The number of carbonyl (C=O) groups excluding carboxylic acids is 1. The van der Waals surface area contributed by atoms with Crippen molar-refractivity contribution in [3.63, 3.8) is 0 Å². The van der Waals surface area contributed by atoms with Gasteiger partial charge in [-0.2, -0.15) is 0 Å². The van der Waals surface area contributed by atoms with E-state index in [0.717, 1.165) is 42.7 Å². The van der Waals surface area contributed by atoms with Gasteiger partial charge in [0.2, 0.25) is 5.91 Å². The van der Waals surface area contributed by atoms with Crippen molar-refractivity contribution >= 4 is 11.6 Å². The molecule has 0 unspecified atom stereocenters. The van der Waals surface area contributed by atoms with Gasteiger partial charge in [0.1, 0.15) is 5.82 Å². The number of benzene rings is 2. The Kier molecular flexibility index (Phi) is 5.69. The highest BCUT2D eigenvalue weighted by Crippen LogP contribution is 2.20. The van der Waals surface area contributed by atoms with Crippen LogP contribution in [0.25, 0.3) is 0 Å². The number of carbonyl (C=O) groups is 1. The zero-order valence-electron chi connectivity index (χ0n) is 14.7. The van der Waals surface area contributed by atoms with E-state index in [4.69, 9.17) is 0 Å². The molecule has 0 spiro atoms. The average Bonchev–Trinajstić information content (AvgIpc) is 2.63. The molecule has 4 heteroatoms. The SMILES string of the molecule is Cc1cccc(N(CC(=O)N2CCCCC2)Cc2ccc(F)cc2)c1. The van der Waals surface area contributed by atoms with Crippen molar-refractivity contribution in [3.8, 4) is 0 Å². The van der Waals surface area contributed by atoms with Crippen molar-refractivity contribution in [2.75, 3.05) is 24.5 Å². The second-order valence-corrected chi connectivity index (χ2v) is 6.76. The molecule has 1 amide bonds. The predicted octanol–water partition coefficient (Wildman–Crippen LogP) is 4.15. The Morgan fingerprint density at radius 3 is 2.48 bits per heavy atom. The molecule has 25 heavy (non-hydrogen) atoms. The number of aryl methyl sites for hydroxylation is 1. The summed E-state index contributed by atoms with van der Waals surface area (Å²) >= 11 is 0. The minimum atomic E-state index is -0.241. The van der Waals surface area contributed by atoms with Gasteiger partial charge in [-0.05, 0) is 61.6 Å². The van der Waals surface area contributed by atoms with E-state index in [9.17, 15) is 9.18 Å². The molecule has 0 atom stereocenters. The summed E-state index contributed by atoms with van der Waals surface area (Å²) < 4.78 is 13.2. The van der Waals surface area contributed by atoms with Crippen LogP contribution in [0, 0.1) is 12.7 Å². The van der Waals surface area contributed by atoms with Crippen LogP contribution in [0.3, 0.4) is 0 Å². The van der Waals surface area contributed by atoms with Crippen LogP contribution in [0.2, 0.25) is 0 Å². The van der Waals surface area contributed by atoms with Crippen LogP contribution in [0.5, 0.6) is 0 Å². The van der Waals surface area contributed by atoms with Gasteiger partial charge < -0.3 is 9.80 Å². The summed E-state index contributed by atoms with van der Waals surface area (Å²) in [4.78, 5) is 16.8. The van der Waals surface area contributed by atoms with Gasteiger partial charge in [0.25, 0.3) is 0 Å². The van der Waals surface area contributed by atoms with E-state index in [1.54, 1.807) is 12.1 Å². The second-order valence-electron chi connectivity index (χ2n) is 6.76. The third kappa shape index (κ3) is 4.81. The Balaban J connectivity index is 1.78. The first-order valence-corrected chi connectivity index (χ1v) is 8.96. The van der Waals surface area contributed by atoms with Crippen molar-refractivity contribution in [1.29, 1.82) is 0 Å². The highest BCUT2D eigenvalue weighted by molar-refractivity contribution is 5.81. The van der Waals surface area contributed by atoms with Crippen molar-refractivity contribution in [2.24, 2.45) is 0 Å². The minimum Gasteiger partial charge on any atom is -0.358 e. The van der Waals surface area contributed by atoms with Crippen LogP contribution in [0.4, 0.5) is 10.1 Å². The standard InChI is InChI=1S/C21H25FN2O/c1-17-6-5-7-20(14-17)24(15-18-8-10-19(22)11-9-18)16-21(25)23-12-3-2-4-13-23/h5-11,14H,2-4,12-13,15-16H2,1H3. The summed E-state index contributed by atoms with van der Waals surface area (Å²) in [5.74, 6) is -0.0708. The molecule has 1 saturated heterocycles. The minimum absolute atomic E-state index is 0.170. The number of likely N-dealkylation sites (tertiary alicyclic amines) is 1. The summed E-state index contributed by atoms with van der Waals surface area (Å²) in [7, 11) is 0. The van der Waals surface area contributed by atoms with E-state index >= 15 is 0 Å². The van der Waals surface area contributed by atoms with Gasteiger partial charge >= 0.3 is 0 Å². The van der Waals surface area contributed by atoms with Gasteiger partial charge in [0, 0.05) is 25.3 Å². The summed E-state index contributed by atoms with van der Waals surface area (Å²) in [6.07, 6.45) is 3.39. The largest absolute Gasteiger partial charge is 0.358 e. The lowest BCUT2D eigenvalue weighted by Gasteiger charge is -2.31. The zero-order valence-corrected chi connectivity index (χ0v) is 14.7. The zero-order chi connectivity index (χ0) is 17.6. The molecule has 1 heterocycles. The molecule has 1 fully saturated rings. The molecule has 0 N–H and O–H groups in total. The van der Waals surface area contributed by atoms with Crippen molar-refractivity contribution in [2.45, 2.75) is 32.7 Å². The normalized spacial score (nSPS) is 14.4. The number of hydrogen-bond acceptors (Lipinski definition) is 2. The summed E-state index contributed by atoms with van der Waals surface area (Å²) in [6.45, 7) is 4.70. The van der Waals surface area contributed by atoms with Crippen LogP contribution in [-0.4, -0.2) is 30.4 Å². The van der Waals surface area contributed by atoms with E-state index < -0.39 is 0 Å². The molecule has 2 aromatic rings. The maximum absolute atomic E-state index is 13.2. The number of anilines is 1. The molecule has 132 valence electrons. The Labute approximate surface area is 149 Å². The molecule has 0 bridgehead atoms. The molecule has 1 aliphatic heterocycles. The molecule has 2 aromatic carbocycles. The predicted molar refractivity (Wildman–Crippen MR) is 99.1 cm³/mol. The molecule has 0 radical (unpaired) electrons. The smallest absolute Gasteiger partial charge is 0.242 e. The van der Waals surface area contributed by atoms with Gasteiger partial charge in [-0.3, -0.25) is 4.79 Å². The summed E-state index contributed by atoms with van der Waals surface area (Å²) in [6, 6.07) is 14.7. The van der Waals surface area contributed by atoms with Gasteiger partial charge in [-0.1, -0.05) is 24.3 Å². The van der Waals surface area contributed by atoms with E-state index in [2.05, 4.69) is 11.0 Å². The van der Waals surface area contributed by atoms with Gasteiger partial charge in [0.05, 0.1) is 6.54 Å². The Bertz CT molecular complexity index is 708. The van der Waals surface area contributed by atoms with Crippen LogP contribution in [0.1, 0.15) is 30.4 Å². The number of piperidine rings is 1. The number of amides is 1. The average molecular weight is 340 g/mol. The van der Waals surface area contributed by atoms with Gasteiger partial charge in [-0.15, -0.1) is 0 Å². The molecule has 3 nitrogen and oxygen atoms in total. The van der Waals surface area contributed by atoms with Crippen LogP contribution < -0.4 is 4.90 Å². The fraction of sp³-hybridized carbons (Fsp3) is 0.381. The van der Waals surface area contributed by atoms with Crippen LogP contribution in [0.15, 0.2) is 48.5 Å². The maximum Gasteiger partial charge on any atom is 0.242 e.